The van der Waals surface area contributed by atoms with E-state index in [1.54, 1.807) is 0 Å². The van der Waals surface area contributed by atoms with Crippen molar-refractivity contribution in [3.05, 3.63) is 108 Å². The standard InChI is InChI=1S/C12H11Si.C9H13.C5H5.2ClH.Zr/c1-3-7-11(8-4-1)13-12-9-5-2-6-10-12;1-6-5-7(2)9(4)8(6)3;1-2-4-5-3-1;;;/h1-10,13H;6H,1-4H3;1-3H,4H2;2*1H;/q;2*-1;;;+2. The zero-order valence-corrected chi connectivity index (χ0v) is 23.4. The van der Waals surface area contributed by atoms with Crippen molar-refractivity contribution in [2.24, 2.45) is 5.92 Å². The Kier molecular flexibility index (Phi) is 18.5. The van der Waals surface area contributed by atoms with Crippen LogP contribution in [0.1, 0.15) is 34.1 Å². The molecule has 0 bridgehead atoms. The average molecular weight is 534 g/mol. The molecule has 30 heavy (non-hydrogen) atoms. The van der Waals surface area contributed by atoms with Gasteiger partial charge in [0, 0.05) is 0 Å². The van der Waals surface area contributed by atoms with Crippen LogP contribution in [0.2, 0.25) is 0 Å². The van der Waals surface area contributed by atoms with Crippen LogP contribution >= 0.6 is 24.8 Å². The fraction of sp³-hybridized carbons (Fsp3) is 0.231. The predicted octanol–water partition coefficient (Wildman–Crippen LogP) is 5.94. The first-order chi connectivity index (χ1) is 13.1. The average Bonchev–Trinajstić information content (AvgIpc) is 3.34. The second kappa shape index (κ2) is 17.7. The first kappa shape index (κ1) is 31.3. The summed E-state index contributed by atoms with van der Waals surface area (Å²) in [6.07, 6.45) is 13.4. The van der Waals surface area contributed by atoms with Gasteiger partial charge in [0.15, 0.2) is 0 Å². The largest absolute Gasteiger partial charge is 2.00 e. The van der Waals surface area contributed by atoms with Gasteiger partial charge in [-0.05, 0) is 0 Å². The van der Waals surface area contributed by atoms with Gasteiger partial charge in [0.1, 0.15) is 9.52 Å². The van der Waals surface area contributed by atoms with Gasteiger partial charge >= 0.3 is 26.2 Å². The van der Waals surface area contributed by atoms with Crippen molar-refractivity contribution in [2.75, 3.05) is 0 Å². The number of allylic oxidation sites excluding steroid dienone is 8. The van der Waals surface area contributed by atoms with E-state index >= 15 is 0 Å². The summed E-state index contributed by atoms with van der Waals surface area (Å²) in [5.74, 6) is 0.560. The van der Waals surface area contributed by atoms with Gasteiger partial charge in [-0.3, -0.25) is 12.2 Å². The van der Waals surface area contributed by atoms with E-state index in [1.165, 1.54) is 27.1 Å². The third-order valence-electron chi connectivity index (χ3n) is 4.75. The van der Waals surface area contributed by atoms with Gasteiger partial charge in [-0.15, -0.1) is 38.2 Å². The molecule has 2 aromatic rings. The second-order valence-corrected chi connectivity index (χ2v) is 8.39. The summed E-state index contributed by atoms with van der Waals surface area (Å²) in [4.78, 5) is 0. The molecular weight excluding hydrogens is 503 g/mol. The Morgan fingerprint density at radius 3 is 1.57 bits per heavy atom. The summed E-state index contributed by atoms with van der Waals surface area (Å²) in [7, 11) is 0.271. The van der Waals surface area contributed by atoms with Crippen LogP contribution < -0.4 is 10.4 Å². The molecule has 0 aliphatic heterocycles. The molecule has 0 nitrogen and oxygen atoms in total. The summed E-state index contributed by atoms with van der Waals surface area (Å²) in [6.45, 7) is 8.67. The van der Waals surface area contributed by atoms with Crippen molar-refractivity contribution in [3.63, 3.8) is 0 Å². The van der Waals surface area contributed by atoms with Crippen LogP contribution in [0.25, 0.3) is 0 Å². The summed E-state index contributed by atoms with van der Waals surface area (Å²) >= 11 is 0. The summed E-state index contributed by atoms with van der Waals surface area (Å²) in [6, 6.07) is 21.3. The van der Waals surface area contributed by atoms with Gasteiger partial charge in [0.25, 0.3) is 0 Å². The van der Waals surface area contributed by atoms with E-state index in [0.717, 1.165) is 6.42 Å². The van der Waals surface area contributed by atoms with Crippen LogP contribution in [0.4, 0.5) is 0 Å². The molecule has 2 aliphatic carbocycles. The third kappa shape index (κ3) is 11.5. The Morgan fingerprint density at radius 2 is 1.33 bits per heavy atom. The molecule has 1 unspecified atom stereocenters. The van der Waals surface area contributed by atoms with Gasteiger partial charge in [-0.25, -0.2) is 17.7 Å². The quantitative estimate of drug-likeness (QED) is 0.331. The van der Waals surface area contributed by atoms with Crippen LogP contribution in [0, 0.1) is 18.1 Å². The Bertz CT molecular complexity index is 777. The number of benzene rings is 2. The van der Waals surface area contributed by atoms with Crippen LogP contribution in [-0.4, -0.2) is 9.52 Å². The minimum absolute atomic E-state index is 0. The molecule has 4 rings (SSSR count). The number of hydrogen-bond acceptors (Lipinski definition) is 0. The maximum Gasteiger partial charge on any atom is 2.00 e. The molecule has 2 aliphatic rings. The van der Waals surface area contributed by atoms with Crippen molar-refractivity contribution in [2.45, 2.75) is 34.1 Å². The fourth-order valence-corrected chi connectivity index (χ4v) is 4.01. The van der Waals surface area contributed by atoms with E-state index in [9.17, 15) is 0 Å². The molecule has 0 aromatic heterocycles. The zero-order valence-electron chi connectivity index (χ0n) is 18.2. The maximum atomic E-state index is 3.36. The van der Waals surface area contributed by atoms with Crippen LogP contribution in [0.5, 0.6) is 0 Å². The summed E-state index contributed by atoms with van der Waals surface area (Å²) in [5.41, 5.74) is 4.25. The van der Waals surface area contributed by atoms with E-state index in [-0.39, 0.29) is 60.5 Å². The minimum Gasteiger partial charge on any atom is -0.273 e. The van der Waals surface area contributed by atoms with Crippen molar-refractivity contribution < 1.29 is 26.2 Å². The Hall–Kier alpha value is -0.920. The zero-order chi connectivity index (χ0) is 19.5. The van der Waals surface area contributed by atoms with Gasteiger partial charge in [0.05, 0.1) is 0 Å². The molecule has 4 heteroatoms. The first-order valence-corrected chi connectivity index (χ1v) is 10.7. The Balaban J connectivity index is 0. The third-order valence-corrected chi connectivity index (χ3v) is 6.19. The summed E-state index contributed by atoms with van der Waals surface area (Å²) in [5, 5.41) is 2.90. The molecule has 0 N–H and O–H groups in total. The smallest absolute Gasteiger partial charge is 0.273 e. The van der Waals surface area contributed by atoms with Gasteiger partial charge in [0.2, 0.25) is 0 Å². The van der Waals surface area contributed by atoms with Gasteiger partial charge in [-0.1, -0.05) is 97.7 Å². The Morgan fingerprint density at radius 1 is 0.833 bits per heavy atom. The van der Waals surface area contributed by atoms with Crippen molar-refractivity contribution >= 4 is 44.7 Å². The molecule has 2 aromatic carbocycles. The number of rotatable bonds is 2. The molecular formula is C26H31Cl2SiZr. The van der Waals surface area contributed by atoms with Gasteiger partial charge in [-0.2, -0.15) is 17.2 Å². The normalized spacial score (nSPS) is 15.3. The molecule has 1 atom stereocenters. The molecule has 0 spiro atoms. The van der Waals surface area contributed by atoms with Crippen molar-refractivity contribution in [1.29, 1.82) is 0 Å². The fourth-order valence-electron chi connectivity index (χ4n) is 2.79. The van der Waals surface area contributed by atoms with Crippen molar-refractivity contribution in [1.82, 2.24) is 0 Å². The topological polar surface area (TPSA) is 0 Å². The first-order valence-electron chi connectivity index (χ1n) is 9.52. The van der Waals surface area contributed by atoms with E-state index in [1.807, 2.05) is 12.2 Å². The van der Waals surface area contributed by atoms with Crippen LogP contribution in [0.3, 0.4) is 0 Å². The maximum absolute atomic E-state index is 3.36. The monoisotopic (exact) mass is 531 g/mol. The molecule has 0 amide bonds. The molecule has 0 saturated heterocycles. The Labute approximate surface area is 217 Å². The molecule has 1 radical (unpaired) electrons. The van der Waals surface area contributed by atoms with E-state index in [4.69, 9.17) is 0 Å². The summed E-state index contributed by atoms with van der Waals surface area (Å²) < 4.78 is 0. The van der Waals surface area contributed by atoms with E-state index in [2.05, 4.69) is 107 Å². The van der Waals surface area contributed by atoms with Crippen LogP contribution in [0.15, 0.2) is 95.6 Å². The van der Waals surface area contributed by atoms with Crippen molar-refractivity contribution in [3.8, 4) is 0 Å². The number of hydrogen-bond donors (Lipinski definition) is 0. The second-order valence-electron chi connectivity index (χ2n) is 6.77. The predicted molar refractivity (Wildman–Crippen MR) is 135 cm³/mol. The van der Waals surface area contributed by atoms with E-state index < -0.39 is 0 Å². The van der Waals surface area contributed by atoms with Crippen LogP contribution in [-0.2, 0) is 26.2 Å². The molecule has 157 valence electrons. The number of halogens is 2. The SMILES string of the molecule is CC1=[C-]C(C)C(C)=C1C.Cl.Cl.[C-]1=CC=CC1.[Zr+2].c1ccc([SiH]c2ccccc2)cc1. The minimum atomic E-state index is 0. The van der Waals surface area contributed by atoms with E-state index in [0.29, 0.717) is 5.92 Å². The molecule has 0 saturated carbocycles. The molecule has 0 fully saturated rings. The van der Waals surface area contributed by atoms with Gasteiger partial charge < -0.3 is 0 Å². The molecule has 0 heterocycles.